The van der Waals surface area contributed by atoms with E-state index in [9.17, 15) is 15.0 Å². The van der Waals surface area contributed by atoms with Crippen LogP contribution in [0.25, 0.3) is 0 Å². The van der Waals surface area contributed by atoms with Gasteiger partial charge in [-0.25, -0.2) is 4.79 Å². The van der Waals surface area contributed by atoms with Crippen molar-refractivity contribution in [3.05, 3.63) is 29.8 Å². The van der Waals surface area contributed by atoms with Crippen molar-refractivity contribution in [1.29, 1.82) is 0 Å². The summed E-state index contributed by atoms with van der Waals surface area (Å²) < 4.78 is 9.29. The number of esters is 1. The Balaban J connectivity index is 2.86. The molecule has 0 amide bonds. The van der Waals surface area contributed by atoms with Gasteiger partial charge in [-0.3, -0.25) is 0 Å². The van der Waals surface area contributed by atoms with Gasteiger partial charge in [0.2, 0.25) is 0 Å². The predicted molar refractivity (Wildman–Crippen MR) is 56.0 cm³/mol. The zero-order chi connectivity index (χ0) is 12.1. The number of benzene rings is 1. The first-order valence-corrected chi connectivity index (χ1v) is 4.68. The smallest absolute Gasteiger partial charge is 0.337 e. The maximum atomic E-state index is 11.0. The molecule has 0 saturated heterocycles. The molecular formula is C11H14O5. The van der Waals surface area contributed by atoms with Crippen LogP contribution in [0.5, 0.6) is 5.75 Å². The molecule has 0 aromatic heterocycles. The van der Waals surface area contributed by atoms with Crippen LogP contribution >= 0.6 is 0 Å². The Labute approximate surface area is 93.2 Å². The average molecular weight is 226 g/mol. The van der Waals surface area contributed by atoms with Gasteiger partial charge in [-0.05, 0) is 17.7 Å². The Hall–Kier alpha value is -1.59. The number of aliphatic hydroxyl groups is 2. The van der Waals surface area contributed by atoms with E-state index in [0.29, 0.717) is 11.3 Å². The Morgan fingerprint density at radius 2 is 2.00 bits per heavy atom. The van der Waals surface area contributed by atoms with Gasteiger partial charge in [-0.2, -0.15) is 0 Å². The monoisotopic (exact) mass is 226 g/mol. The van der Waals surface area contributed by atoms with Crippen LogP contribution in [0.15, 0.2) is 24.3 Å². The van der Waals surface area contributed by atoms with Gasteiger partial charge >= 0.3 is 5.97 Å². The van der Waals surface area contributed by atoms with Crippen LogP contribution < -0.4 is 4.74 Å². The lowest BCUT2D eigenvalue weighted by Crippen LogP contribution is -2.29. The van der Waals surface area contributed by atoms with Crippen molar-refractivity contribution in [3.63, 3.8) is 0 Å². The minimum atomic E-state index is -1.60. The Morgan fingerprint density at radius 1 is 1.31 bits per heavy atom. The quantitative estimate of drug-likeness (QED) is 0.720. The van der Waals surface area contributed by atoms with Gasteiger partial charge in [0.15, 0.2) is 6.10 Å². The second kappa shape index (κ2) is 5.48. The summed E-state index contributed by atoms with van der Waals surface area (Å²) in [5.74, 6) is -0.344. The Kier molecular flexibility index (Phi) is 4.28. The third kappa shape index (κ3) is 2.71. The van der Waals surface area contributed by atoms with E-state index >= 15 is 0 Å². The molecule has 0 heterocycles. The first-order chi connectivity index (χ1) is 7.60. The van der Waals surface area contributed by atoms with Crippen LogP contribution in [0.1, 0.15) is 11.7 Å². The fourth-order valence-electron chi connectivity index (χ4n) is 1.26. The van der Waals surface area contributed by atoms with Gasteiger partial charge in [0.05, 0.1) is 14.2 Å². The molecule has 1 rings (SSSR count). The van der Waals surface area contributed by atoms with E-state index in [1.165, 1.54) is 13.2 Å². The third-order valence-electron chi connectivity index (χ3n) is 2.18. The molecule has 1 aromatic rings. The van der Waals surface area contributed by atoms with E-state index in [4.69, 9.17) is 4.74 Å². The molecule has 0 radical (unpaired) electrons. The molecule has 5 heteroatoms. The van der Waals surface area contributed by atoms with Crippen molar-refractivity contribution in [2.75, 3.05) is 14.2 Å². The Morgan fingerprint density at radius 3 is 2.56 bits per heavy atom. The van der Waals surface area contributed by atoms with Gasteiger partial charge < -0.3 is 19.7 Å². The van der Waals surface area contributed by atoms with Crippen molar-refractivity contribution in [2.45, 2.75) is 12.2 Å². The van der Waals surface area contributed by atoms with Gasteiger partial charge in [0.25, 0.3) is 0 Å². The van der Waals surface area contributed by atoms with Gasteiger partial charge in [-0.15, -0.1) is 0 Å². The van der Waals surface area contributed by atoms with E-state index in [0.717, 1.165) is 7.11 Å². The molecule has 2 unspecified atom stereocenters. The molecule has 0 aliphatic heterocycles. The average Bonchev–Trinajstić information content (AvgIpc) is 2.36. The number of hydrogen-bond acceptors (Lipinski definition) is 5. The molecule has 0 spiro atoms. The van der Waals surface area contributed by atoms with E-state index < -0.39 is 18.2 Å². The normalized spacial score (nSPS) is 14.0. The predicted octanol–water partition coefficient (Wildman–Crippen LogP) is 0.263. The lowest BCUT2D eigenvalue weighted by Gasteiger charge is -2.16. The molecule has 0 bridgehead atoms. The molecule has 2 N–H and O–H groups in total. The summed E-state index contributed by atoms with van der Waals surface area (Å²) in [7, 11) is 2.63. The molecule has 88 valence electrons. The number of carbonyl (C=O) groups excluding carboxylic acids is 1. The van der Waals surface area contributed by atoms with Crippen molar-refractivity contribution in [2.24, 2.45) is 0 Å². The first kappa shape index (κ1) is 12.5. The summed E-state index contributed by atoms with van der Waals surface area (Å²) in [6, 6.07) is 6.47. The van der Waals surface area contributed by atoms with Crippen LogP contribution in [-0.4, -0.2) is 36.5 Å². The van der Waals surface area contributed by atoms with E-state index in [1.54, 1.807) is 18.2 Å². The molecule has 0 fully saturated rings. The number of methoxy groups -OCH3 is 2. The lowest BCUT2D eigenvalue weighted by molar-refractivity contribution is -0.156. The van der Waals surface area contributed by atoms with E-state index in [-0.39, 0.29) is 0 Å². The standard InChI is InChI=1S/C11H14O5/c1-15-8-5-3-4-7(6-8)9(12)10(13)11(14)16-2/h3-6,9-10,12-13H,1-2H3. The highest BCUT2D eigenvalue weighted by Gasteiger charge is 2.26. The van der Waals surface area contributed by atoms with Gasteiger partial charge in [0, 0.05) is 0 Å². The molecule has 2 atom stereocenters. The summed E-state index contributed by atoms with van der Waals surface area (Å²) in [6.45, 7) is 0. The van der Waals surface area contributed by atoms with Crippen LogP contribution in [0.4, 0.5) is 0 Å². The second-order valence-electron chi connectivity index (χ2n) is 3.19. The minimum absolute atomic E-state index is 0.386. The van der Waals surface area contributed by atoms with Gasteiger partial charge in [-0.1, -0.05) is 12.1 Å². The van der Waals surface area contributed by atoms with Crippen LogP contribution in [-0.2, 0) is 9.53 Å². The van der Waals surface area contributed by atoms with Crippen LogP contribution in [0, 0.1) is 0 Å². The lowest BCUT2D eigenvalue weighted by atomic mass is 10.0. The highest BCUT2D eigenvalue weighted by molar-refractivity contribution is 5.75. The minimum Gasteiger partial charge on any atom is -0.497 e. The zero-order valence-corrected chi connectivity index (χ0v) is 9.08. The van der Waals surface area contributed by atoms with Crippen LogP contribution in [0.2, 0.25) is 0 Å². The molecule has 1 aromatic carbocycles. The fourth-order valence-corrected chi connectivity index (χ4v) is 1.26. The molecular weight excluding hydrogens is 212 g/mol. The summed E-state index contributed by atoms with van der Waals surface area (Å²) in [5, 5.41) is 19.1. The van der Waals surface area contributed by atoms with Crippen molar-refractivity contribution in [3.8, 4) is 5.75 Å². The number of ether oxygens (including phenoxy) is 2. The number of aliphatic hydroxyl groups excluding tert-OH is 2. The maximum absolute atomic E-state index is 11.0. The molecule has 0 aliphatic carbocycles. The first-order valence-electron chi connectivity index (χ1n) is 4.68. The zero-order valence-electron chi connectivity index (χ0n) is 9.08. The number of hydrogen-bond donors (Lipinski definition) is 2. The van der Waals surface area contributed by atoms with Crippen molar-refractivity contribution < 1.29 is 24.5 Å². The summed E-state index contributed by atoms with van der Waals surface area (Å²) in [5.41, 5.74) is 0.386. The van der Waals surface area contributed by atoms with E-state index in [2.05, 4.69) is 4.74 Å². The topological polar surface area (TPSA) is 76.0 Å². The maximum Gasteiger partial charge on any atom is 0.337 e. The largest absolute Gasteiger partial charge is 0.497 e. The number of rotatable bonds is 4. The summed E-state index contributed by atoms with van der Waals surface area (Å²) in [6.07, 6.45) is -2.93. The van der Waals surface area contributed by atoms with Crippen molar-refractivity contribution in [1.82, 2.24) is 0 Å². The second-order valence-corrected chi connectivity index (χ2v) is 3.19. The fraction of sp³-hybridized carbons (Fsp3) is 0.364. The highest BCUT2D eigenvalue weighted by Crippen LogP contribution is 2.22. The Bertz CT molecular complexity index is 363. The molecule has 0 aliphatic rings. The SMILES string of the molecule is COC(=O)C(O)C(O)c1cccc(OC)c1. The molecule has 5 nitrogen and oxygen atoms in total. The van der Waals surface area contributed by atoms with E-state index in [1.807, 2.05) is 0 Å². The molecule has 16 heavy (non-hydrogen) atoms. The third-order valence-corrected chi connectivity index (χ3v) is 2.18. The van der Waals surface area contributed by atoms with Crippen molar-refractivity contribution >= 4 is 5.97 Å². The van der Waals surface area contributed by atoms with Gasteiger partial charge in [0.1, 0.15) is 11.9 Å². The van der Waals surface area contributed by atoms with Crippen LogP contribution in [0.3, 0.4) is 0 Å². The summed E-state index contributed by atoms with van der Waals surface area (Å²) in [4.78, 5) is 11.0. The highest BCUT2D eigenvalue weighted by atomic mass is 16.5. The number of carbonyl (C=O) groups is 1. The summed E-state index contributed by atoms with van der Waals surface area (Å²) >= 11 is 0. The molecule has 0 saturated carbocycles.